The van der Waals surface area contributed by atoms with Gasteiger partial charge in [0.25, 0.3) is 0 Å². The van der Waals surface area contributed by atoms with Gasteiger partial charge in [-0.1, -0.05) is 24.3 Å². The van der Waals surface area contributed by atoms with E-state index in [1.165, 1.54) is 0 Å². The van der Waals surface area contributed by atoms with E-state index >= 15 is 0 Å². The van der Waals surface area contributed by atoms with Crippen LogP contribution in [0.4, 0.5) is 5.69 Å². The van der Waals surface area contributed by atoms with Crippen molar-refractivity contribution in [1.29, 1.82) is 0 Å². The van der Waals surface area contributed by atoms with Crippen molar-refractivity contribution in [2.45, 2.75) is 20.5 Å². The Morgan fingerprint density at radius 3 is 2.35 bits per heavy atom. The van der Waals surface area contributed by atoms with Gasteiger partial charge in [0.1, 0.15) is 17.9 Å². The monoisotopic (exact) mass is 271 g/mol. The highest BCUT2D eigenvalue weighted by Crippen LogP contribution is 2.26. The summed E-state index contributed by atoms with van der Waals surface area (Å²) in [4.78, 5) is 11.2. The van der Waals surface area contributed by atoms with Gasteiger partial charge in [0.2, 0.25) is 0 Å². The number of carboxylic acids is 1. The van der Waals surface area contributed by atoms with Gasteiger partial charge in [0, 0.05) is 5.69 Å². The zero-order valence-electron chi connectivity index (χ0n) is 11.5. The van der Waals surface area contributed by atoms with Gasteiger partial charge in [0.05, 0.1) is 0 Å². The Morgan fingerprint density at radius 1 is 1.15 bits per heavy atom. The highest BCUT2D eigenvalue weighted by Gasteiger charge is 2.15. The summed E-state index contributed by atoms with van der Waals surface area (Å²) in [6.07, 6.45) is 0. The number of aromatic carboxylic acids is 1. The van der Waals surface area contributed by atoms with E-state index in [1.807, 2.05) is 32.0 Å². The molecule has 2 aromatic carbocycles. The third-order valence-corrected chi connectivity index (χ3v) is 3.29. The van der Waals surface area contributed by atoms with E-state index in [0.29, 0.717) is 12.4 Å². The van der Waals surface area contributed by atoms with Crippen LogP contribution in [0, 0.1) is 13.8 Å². The standard InChI is InChI=1S/C16H17NO3/c1-10-5-3-6-11(2)12(10)9-20-14-8-4-7-13(17)15(14)16(18)19/h3-8H,9,17H2,1-2H3,(H,18,19). The van der Waals surface area contributed by atoms with Crippen LogP contribution in [0.5, 0.6) is 5.75 Å². The second-order valence-electron chi connectivity index (χ2n) is 4.68. The number of nitrogen functional groups attached to an aromatic ring is 1. The van der Waals surface area contributed by atoms with Crippen LogP contribution in [0.1, 0.15) is 27.0 Å². The fourth-order valence-electron chi connectivity index (χ4n) is 2.12. The molecule has 3 N–H and O–H groups in total. The van der Waals surface area contributed by atoms with E-state index in [1.54, 1.807) is 18.2 Å². The highest BCUT2D eigenvalue weighted by molar-refractivity contribution is 5.96. The first-order chi connectivity index (χ1) is 9.50. The highest BCUT2D eigenvalue weighted by atomic mass is 16.5. The molecule has 2 rings (SSSR count). The first-order valence-corrected chi connectivity index (χ1v) is 6.30. The molecule has 0 aliphatic rings. The number of carboxylic acid groups (broad SMARTS) is 1. The third kappa shape index (κ3) is 2.74. The molecular formula is C16H17NO3. The second kappa shape index (κ2) is 5.65. The Morgan fingerprint density at radius 2 is 1.75 bits per heavy atom. The van der Waals surface area contributed by atoms with Crippen molar-refractivity contribution in [2.75, 3.05) is 5.73 Å². The number of anilines is 1. The number of carbonyl (C=O) groups is 1. The Hall–Kier alpha value is -2.49. The summed E-state index contributed by atoms with van der Waals surface area (Å²) < 4.78 is 5.67. The molecule has 4 nitrogen and oxygen atoms in total. The van der Waals surface area contributed by atoms with E-state index in [9.17, 15) is 9.90 Å². The van der Waals surface area contributed by atoms with Crippen LogP contribution >= 0.6 is 0 Å². The zero-order valence-corrected chi connectivity index (χ0v) is 11.5. The molecule has 0 saturated carbocycles. The predicted molar refractivity (Wildman–Crippen MR) is 78.1 cm³/mol. The second-order valence-corrected chi connectivity index (χ2v) is 4.68. The van der Waals surface area contributed by atoms with Crippen molar-refractivity contribution in [2.24, 2.45) is 0 Å². The minimum atomic E-state index is -1.08. The molecule has 0 saturated heterocycles. The number of benzene rings is 2. The van der Waals surface area contributed by atoms with E-state index in [0.717, 1.165) is 16.7 Å². The van der Waals surface area contributed by atoms with Gasteiger partial charge < -0.3 is 15.6 Å². The SMILES string of the molecule is Cc1cccc(C)c1COc1cccc(N)c1C(=O)O. The molecule has 0 aromatic heterocycles. The number of hydrogen-bond donors (Lipinski definition) is 2. The number of aryl methyl sites for hydroxylation is 2. The summed E-state index contributed by atoms with van der Waals surface area (Å²) in [5, 5.41) is 9.19. The minimum absolute atomic E-state index is 0.0127. The minimum Gasteiger partial charge on any atom is -0.488 e. The third-order valence-electron chi connectivity index (χ3n) is 3.29. The largest absolute Gasteiger partial charge is 0.488 e. The maximum atomic E-state index is 11.2. The lowest BCUT2D eigenvalue weighted by atomic mass is 10.0. The quantitative estimate of drug-likeness (QED) is 0.838. The number of nitrogens with two attached hydrogens (primary N) is 1. The smallest absolute Gasteiger partial charge is 0.341 e. The number of ether oxygens (including phenoxy) is 1. The normalized spacial score (nSPS) is 10.3. The molecule has 0 aliphatic heterocycles. The van der Waals surface area contributed by atoms with Gasteiger partial charge >= 0.3 is 5.97 Å². The van der Waals surface area contributed by atoms with E-state index < -0.39 is 5.97 Å². The van der Waals surface area contributed by atoms with Crippen molar-refractivity contribution in [1.82, 2.24) is 0 Å². The summed E-state index contributed by atoms with van der Waals surface area (Å²) in [6.45, 7) is 4.33. The lowest BCUT2D eigenvalue weighted by Crippen LogP contribution is -2.08. The maximum absolute atomic E-state index is 11.2. The van der Waals surface area contributed by atoms with Crippen molar-refractivity contribution in [3.8, 4) is 5.75 Å². The Kier molecular flexibility index (Phi) is 3.94. The molecule has 0 bridgehead atoms. The number of rotatable bonds is 4. The number of hydrogen-bond acceptors (Lipinski definition) is 3. The molecule has 2 aromatic rings. The predicted octanol–water partition coefficient (Wildman–Crippen LogP) is 3.16. The molecule has 4 heteroatoms. The summed E-state index contributed by atoms with van der Waals surface area (Å²) in [6, 6.07) is 10.8. The van der Waals surface area contributed by atoms with Gasteiger partial charge in [-0.15, -0.1) is 0 Å². The molecule has 0 spiro atoms. The van der Waals surface area contributed by atoms with Crippen LogP contribution in [0.2, 0.25) is 0 Å². The topological polar surface area (TPSA) is 72.5 Å². The molecule has 104 valence electrons. The average molecular weight is 271 g/mol. The molecule has 0 radical (unpaired) electrons. The summed E-state index contributed by atoms with van der Waals surface area (Å²) in [7, 11) is 0. The lowest BCUT2D eigenvalue weighted by molar-refractivity contribution is 0.0693. The van der Waals surface area contributed by atoms with Crippen molar-refractivity contribution < 1.29 is 14.6 Å². The summed E-state index contributed by atoms with van der Waals surface area (Å²) in [5.41, 5.74) is 9.20. The lowest BCUT2D eigenvalue weighted by Gasteiger charge is -2.13. The fourth-order valence-corrected chi connectivity index (χ4v) is 2.12. The van der Waals surface area contributed by atoms with E-state index in [2.05, 4.69) is 0 Å². The van der Waals surface area contributed by atoms with Crippen LogP contribution in [0.15, 0.2) is 36.4 Å². The molecule has 0 amide bonds. The van der Waals surface area contributed by atoms with Crippen LogP contribution in [-0.4, -0.2) is 11.1 Å². The van der Waals surface area contributed by atoms with Crippen molar-refractivity contribution in [3.05, 3.63) is 58.7 Å². The Labute approximate surface area is 117 Å². The van der Waals surface area contributed by atoms with Crippen LogP contribution in [-0.2, 0) is 6.61 Å². The van der Waals surface area contributed by atoms with Gasteiger partial charge in [-0.05, 0) is 42.7 Å². The van der Waals surface area contributed by atoms with Crippen molar-refractivity contribution >= 4 is 11.7 Å². The summed E-state index contributed by atoms with van der Waals surface area (Å²) in [5.74, 6) is -0.792. The Balaban J connectivity index is 2.28. The summed E-state index contributed by atoms with van der Waals surface area (Å²) >= 11 is 0. The molecule has 0 aliphatic carbocycles. The Bertz CT molecular complexity index is 630. The van der Waals surface area contributed by atoms with Gasteiger partial charge in [-0.25, -0.2) is 4.79 Å². The molecule has 0 heterocycles. The maximum Gasteiger partial charge on any atom is 0.341 e. The molecule has 0 fully saturated rings. The first kappa shape index (κ1) is 13.9. The zero-order chi connectivity index (χ0) is 14.7. The molecule has 0 unspecified atom stereocenters. The van der Waals surface area contributed by atoms with Crippen LogP contribution in [0.25, 0.3) is 0 Å². The van der Waals surface area contributed by atoms with E-state index in [-0.39, 0.29) is 11.3 Å². The van der Waals surface area contributed by atoms with Gasteiger partial charge in [-0.3, -0.25) is 0 Å². The fraction of sp³-hybridized carbons (Fsp3) is 0.188. The van der Waals surface area contributed by atoms with Crippen LogP contribution < -0.4 is 10.5 Å². The van der Waals surface area contributed by atoms with Gasteiger partial charge in [-0.2, -0.15) is 0 Å². The molecule has 0 atom stereocenters. The first-order valence-electron chi connectivity index (χ1n) is 6.30. The van der Waals surface area contributed by atoms with Crippen LogP contribution in [0.3, 0.4) is 0 Å². The average Bonchev–Trinajstić information content (AvgIpc) is 2.37. The van der Waals surface area contributed by atoms with E-state index in [4.69, 9.17) is 10.5 Å². The molecule has 20 heavy (non-hydrogen) atoms. The molecular weight excluding hydrogens is 254 g/mol. The van der Waals surface area contributed by atoms with Crippen molar-refractivity contribution in [3.63, 3.8) is 0 Å². The van der Waals surface area contributed by atoms with Gasteiger partial charge in [0.15, 0.2) is 0 Å².